The molecule has 1 aliphatic heterocycles. The molecule has 248 valence electrons. The van der Waals surface area contributed by atoms with Gasteiger partial charge < -0.3 is 0 Å². The van der Waals surface area contributed by atoms with Crippen LogP contribution < -0.4 is 15.3 Å². The van der Waals surface area contributed by atoms with Gasteiger partial charge in [-0.25, -0.2) is 19.9 Å². The van der Waals surface area contributed by atoms with E-state index in [1.807, 2.05) is 66.9 Å². The van der Waals surface area contributed by atoms with Crippen LogP contribution in [-0.4, -0.2) is 28.0 Å². The fourth-order valence-electron chi connectivity index (χ4n) is 7.38. The highest BCUT2D eigenvalue weighted by Crippen LogP contribution is 2.43. The van der Waals surface area contributed by atoms with Gasteiger partial charge in [-0.15, -0.1) is 0 Å². The Bertz CT molecular complexity index is 2450. The molecule has 0 saturated carbocycles. The maximum atomic E-state index is 5.38. The van der Waals surface area contributed by atoms with E-state index >= 15 is 0 Å². The van der Waals surface area contributed by atoms with Gasteiger partial charge in [0, 0.05) is 34.3 Å². The number of hydrogen-bond acceptors (Lipinski definition) is 5. The summed E-state index contributed by atoms with van der Waals surface area (Å²) >= 11 is 0. The van der Waals surface area contributed by atoms with Crippen LogP contribution in [0.5, 0.6) is 0 Å². The zero-order valence-corrected chi connectivity index (χ0v) is 30.0. The molecule has 0 aliphatic carbocycles. The normalized spacial score (nSPS) is 12.9. The van der Waals surface area contributed by atoms with E-state index < -0.39 is 8.07 Å². The number of benzene rings is 6. The number of para-hydroxylation sites is 2. The van der Waals surface area contributed by atoms with Crippen molar-refractivity contribution in [3.8, 4) is 56.4 Å². The van der Waals surface area contributed by atoms with Crippen molar-refractivity contribution in [2.24, 2.45) is 0 Å². The molecule has 3 heterocycles. The van der Waals surface area contributed by atoms with Gasteiger partial charge in [-0.3, -0.25) is 4.90 Å². The van der Waals surface area contributed by atoms with Gasteiger partial charge in [0.05, 0.1) is 5.56 Å². The molecule has 5 nitrogen and oxygen atoms in total. The average Bonchev–Trinajstić information content (AvgIpc) is 3.22. The molecule has 0 unspecified atom stereocenters. The number of fused-ring (bicyclic) bond motifs is 2. The van der Waals surface area contributed by atoms with Gasteiger partial charge in [-0.1, -0.05) is 165 Å². The van der Waals surface area contributed by atoms with Crippen LogP contribution in [0, 0.1) is 0 Å². The summed E-state index contributed by atoms with van der Waals surface area (Å²) < 4.78 is 0. The molecule has 8 aromatic rings. The first-order valence-electron chi connectivity index (χ1n) is 17.6. The third-order valence-electron chi connectivity index (χ3n) is 9.98. The molecule has 0 radical (unpaired) electrons. The van der Waals surface area contributed by atoms with E-state index in [4.69, 9.17) is 19.9 Å². The van der Waals surface area contributed by atoms with Crippen LogP contribution in [0.4, 0.5) is 17.2 Å². The van der Waals surface area contributed by atoms with Crippen LogP contribution in [0.25, 0.3) is 56.4 Å². The molecule has 1 aliphatic rings. The highest BCUT2D eigenvalue weighted by Gasteiger charge is 2.39. The van der Waals surface area contributed by atoms with Gasteiger partial charge in [0.1, 0.15) is 13.9 Å². The lowest BCUT2D eigenvalue weighted by molar-refractivity contribution is 1.06. The van der Waals surface area contributed by atoms with E-state index in [0.29, 0.717) is 17.5 Å². The lowest BCUT2D eigenvalue weighted by atomic mass is 9.94. The average molecular weight is 686 g/mol. The topological polar surface area (TPSA) is 54.8 Å². The Balaban J connectivity index is 1.34. The number of nitrogens with zero attached hydrogens (tertiary/aromatic N) is 5. The second-order valence-electron chi connectivity index (χ2n) is 13.5. The summed E-state index contributed by atoms with van der Waals surface area (Å²) in [5, 5.41) is 2.73. The Morgan fingerprint density at radius 3 is 1.37 bits per heavy atom. The van der Waals surface area contributed by atoms with E-state index in [9.17, 15) is 0 Å². The van der Waals surface area contributed by atoms with Crippen molar-refractivity contribution in [3.63, 3.8) is 0 Å². The molecule has 0 bridgehead atoms. The first-order chi connectivity index (χ1) is 25.6. The Hall–Kier alpha value is -6.50. The number of rotatable bonds is 6. The maximum Gasteiger partial charge on any atom is 0.167 e. The highest BCUT2D eigenvalue weighted by molar-refractivity contribution is 7.02. The van der Waals surface area contributed by atoms with E-state index in [1.54, 1.807) is 0 Å². The van der Waals surface area contributed by atoms with Gasteiger partial charge in [0.25, 0.3) is 0 Å². The molecular weight excluding hydrogens is 651 g/mol. The molecule has 0 saturated heterocycles. The van der Waals surface area contributed by atoms with E-state index in [1.165, 1.54) is 10.4 Å². The molecule has 0 atom stereocenters. The number of hydrogen-bond donors (Lipinski definition) is 0. The standard InChI is InChI=1S/C46H35N5Si/c1-52(2)41-28-16-14-26-39(41)51(40-27-15-17-29-42(40)52)46-38(30-35(31-47-46)37-25-13-12-24-36(37)32-18-6-3-7-19-32)45-49-43(33-20-8-4-9-21-33)48-44(50-45)34-22-10-5-11-23-34/h3-31H,1-2H3. The highest BCUT2D eigenvalue weighted by atomic mass is 28.3. The van der Waals surface area contributed by atoms with Crippen LogP contribution in [0.3, 0.4) is 0 Å². The number of pyridine rings is 1. The summed E-state index contributed by atoms with van der Waals surface area (Å²) in [7, 11) is -2.03. The molecule has 9 rings (SSSR count). The molecule has 0 N–H and O–H groups in total. The number of aromatic nitrogens is 4. The monoisotopic (exact) mass is 685 g/mol. The first-order valence-corrected chi connectivity index (χ1v) is 20.6. The van der Waals surface area contributed by atoms with Crippen LogP contribution in [0.1, 0.15) is 0 Å². The lowest BCUT2D eigenvalue weighted by Gasteiger charge is -2.40. The van der Waals surface area contributed by atoms with Gasteiger partial charge in [-0.05, 0) is 45.3 Å². The Morgan fingerprint density at radius 2 is 0.827 bits per heavy atom. The summed E-state index contributed by atoms with van der Waals surface area (Å²) in [6, 6.07) is 59.1. The predicted molar refractivity (Wildman–Crippen MR) is 216 cm³/mol. The second-order valence-corrected chi connectivity index (χ2v) is 17.9. The quantitative estimate of drug-likeness (QED) is 0.163. The summed E-state index contributed by atoms with van der Waals surface area (Å²) in [6.45, 7) is 4.87. The largest absolute Gasteiger partial charge is 0.295 e. The second kappa shape index (κ2) is 13.0. The first kappa shape index (κ1) is 31.5. The zero-order valence-electron chi connectivity index (χ0n) is 29.0. The zero-order chi connectivity index (χ0) is 35.1. The van der Waals surface area contributed by atoms with Crippen molar-refractivity contribution in [3.05, 3.63) is 176 Å². The number of anilines is 3. The van der Waals surface area contributed by atoms with Gasteiger partial charge in [-0.2, -0.15) is 0 Å². The molecule has 0 spiro atoms. The smallest absolute Gasteiger partial charge is 0.167 e. The summed E-state index contributed by atoms with van der Waals surface area (Å²) in [6.07, 6.45) is 2.00. The van der Waals surface area contributed by atoms with E-state index in [0.717, 1.165) is 56.1 Å². The Labute approximate surface area is 305 Å². The van der Waals surface area contributed by atoms with Crippen LogP contribution >= 0.6 is 0 Å². The van der Waals surface area contributed by atoms with Crippen molar-refractivity contribution in [2.75, 3.05) is 4.90 Å². The molecule has 6 aromatic carbocycles. The van der Waals surface area contributed by atoms with Crippen molar-refractivity contribution in [1.29, 1.82) is 0 Å². The van der Waals surface area contributed by atoms with E-state index in [-0.39, 0.29) is 0 Å². The summed E-state index contributed by atoms with van der Waals surface area (Å²) in [5.74, 6) is 2.55. The minimum atomic E-state index is -2.03. The fraction of sp³-hybridized carbons (Fsp3) is 0.0435. The van der Waals surface area contributed by atoms with Crippen LogP contribution in [0.2, 0.25) is 13.1 Å². The molecule has 52 heavy (non-hydrogen) atoms. The SMILES string of the molecule is C[Si]1(C)c2ccccc2N(c2ncc(-c3ccccc3-c3ccccc3)cc2-c2nc(-c3ccccc3)nc(-c3ccccc3)n2)c2ccccc21. The Morgan fingerprint density at radius 1 is 0.404 bits per heavy atom. The van der Waals surface area contributed by atoms with E-state index in [2.05, 4.69) is 127 Å². The molecule has 6 heteroatoms. The van der Waals surface area contributed by atoms with Crippen molar-refractivity contribution in [1.82, 2.24) is 19.9 Å². The third kappa shape index (κ3) is 5.50. The van der Waals surface area contributed by atoms with Gasteiger partial charge in [0.15, 0.2) is 17.5 Å². The minimum Gasteiger partial charge on any atom is -0.295 e. The lowest BCUT2D eigenvalue weighted by Crippen LogP contribution is -2.58. The molecular formula is C46H35N5Si. The third-order valence-corrected chi connectivity index (χ3v) is 13.5. The van der Waals surface area contributed by atoms with Crippen LogP contribution in [0.15, 0.2) is 176 Å². The van der Waals surface area contributed by atoms with Crippen molar-refractivity contribution >= 4 is 35.6 Å². The van der Waals surface area contributed by atoms with Crippen molar-refractivity contribution < 1.29 is 0 Å². The predicted octanol–water partition coefficient (Wildman–Crippen LogP) is 10.2. The van der Waals surface area contributed by atoms with Crippen LogP contribution in [-0.2, 0) is 0 Å². The van der Waals surface area contributed by atoms with Crippen molar-refractivity contribution in [2.45, 2.75) is 13.1 Å². The fourth-order valence-corrected chi connectivity index (χ4v) is 10.4. The van der Waals surface area contributed by atoms with Gasteiger partial charge in [0.2, 0.25) is 0 Å². The Kier molecular flexibility index (Phi) is 7.86. The summed E-state index contributed by atoms with van der Waals surface area (Å²) in [4.78, 5) is 23.2. The summed E-state index contributed by atoms with van der Waals surface area (Å²) in [5.41, 5.74) is 9.30. The molecule has 0 fully saturated rings. The minimum absolute atomic E-state index is 0.561. The molecule has 2 aromatic heterocycles. The maximum absolute atomic E-state index is 5.38. The van der Waals surface area contributed by atoms with Gasteiger partial charge >= 0.3 is 0 Å². The molecule has 0 amide bonds.